The maximum atomic E-state index is 11.8. The Kier molecular flexibility index (Phi) is 5.05. The van der Waals surface area contributed by atoms with Crippen LogP contribution >= 0.6 is 0 Å². The summed E-state index contributed by atoms with van der Waals surface area (Å²) in [6.07, 6.45) is 0.460. The van der Waals surface area contributed by atoms with Crippen LogP contribution in [0.25, 0.3) is 0 Å². The van der Waals surface area contributed by atoms with Gasteiger partial charge in [0.2, 0.25) is 17.7 Å². The number of nitrogens with zero attached hydrogens (tertiary/aromatic N) is 1. The largest absolute Gasteiger partial charge is 0.370 e. The monoisotopic (exact) mass is 243 g/mol. The molecule has 0 aromatic rings. The highest BCUT2D eigenvalue weighted by molar-refractivity contribution is 6.04. The van der Waals surface area contributed by atoms with E-state index in [2.05, 4.69) is 5.32 Å². The molecule has 1 aliphatic heterocycles. The summed E-state index contributed by atoms with van der Waals surface area (Å²) in [6, 6.07) is -0.596. The van der Waals surface area contributed by atoms with Crippen LogP contribution in [0.1, 0.15) is 13.3 Å². The minimum absolute atomic E-state index is 0.102. The van der Waals surface area contributed by atoms with E-state index in [1.54, 1.807) is 6.92 Å². The standard InChI is InChI=1S/C10H17N3O4/c1-2-7-10(16)12-8(14)5-13(7)9(15)6-17-4-3-11/h7H,2-6,11H2,1H3,(H,12,14,16). The third kappa shape index (κ3) is 3.50. The topological polar surface area (TPSA) is 102 Å². The van der Waals surface area contributed by atoms with Crippen LogP contribution < -0.4 is 11.1 Å². The molecule has 7 nitrogen and oxygen atoms in total. The molecule has 0 aromatic heterocycles. The van der Waals surface area contributed by atoms with E-state index >= 15 is 0 Å². The van der Waals surface area contributed by atoms with Crippen LogP contribution in [-0.4, -0.2) is 55.0 Å². The van der Waals surface area contributed by atoms with Crippen molar-refractivity contribution in [2.75, 3.05) is 26.3 Å². The smallest absolute Gasteiger partial charge is 0.249 e. The summed E-state index contributed by atoms with van der Waals surface area (Å²) in [6.45, 7) is 2.12. The SMILES string of the molecule is CCC1C(=O)NC(=O)CN1C(=O)COCCN. The van der Waals surface area contributed by atoms with Crippen LogP contribution in [0.2, 0.25) is 0 Å². The number of carbonyl (C=O) groups excluding carboxylic acids is 3. The number of hydrogen-bond acceptors (Lipinski definition) is 5. The van der Waals surface area contributed by atoms with E-state index in [1.165, 1.54) is 4.90 Å². The first kappa shape index (κ1) is 13.6. The summed E-state index contributed by atoms with van der Waals surface area (Å²) >= 11 is 0. The van der Waals surface area contributed by atoms with Crippen LogP contribution in [0.3, 0.4) is 0 Å². The van der Waals surface area contributed by atoms with Crippen molar-refractivity contribution in [3.05, 3.63) is 0 Å². The van der Waals surface area contributed by atoms with Crippen molar-refractivity contribution < 1.29 is 19.1 Å². The molecule has 96 valence electrons. The zero-order chi connectivity index (χ0) is 12.8. The van der Waals surface area contributed by atoms with Gasteiger partial charge in [0.25, 0.3) is 0 Å². The number of ether oxygens (including phenoxy) is 1. The van der Waals surface area contributed by atoms with Crippen molar-refractivity contribution in [1.82, 2.24) is 10.2 Å². The van der Waals surface area contributed by atoms with E-state index in [9.17, 15) is 14.4 Å². The fraction of sp³-hybridized carbons (Fsp3) is 0.700. The second-order valence-corrected chi connectivity index (χ2v) is 3.70. The van der Waals surface area contributed by atoms with Crippen molar-refractivity contribution in [3.8, 4) is 0 Å². The van der Waals surface area contributed by atoms with Gasteiger partial charge in [0.1, 0.15) is 19.2 Å². The molecule has 0 saturated carbocycles. The van der Waals surface area contributed by atoms with E-state index in [4.69, 9.17) is 10.5 Å². The number of amides is 3. The first-order chi connectivity index (χ1) is 8.10. The lowest BCUT2D eigenvalue weighted by molar-refractivity contribution is -0.152. The van der Waals surface area contributed by atoms with Gasteiger partial charge in [-0.3, -0.25) is 19.7 Å². The lowest BCUT2D eigenvalue weighted by Gasteiger charge is -2.33. The van der Waals surface area contributed by atoms with Crippen LogP contribution in [0.4, 0.5) is 0 Å². The molecule has 1 fully saturated rings. The zero-order valence-electron chi connectivity index (χ0n) is 9.77. The highest BCUT2D eigenvalue weighted by Gasteiger charge is 2.35. The fourth-order valence-electron chi connectivity index (χ4n) is 1.66. The van der Waals surface area contributed by atoms with Crippen molar-refractivity contribution in [2.24, 2.45) is 5.73 Å². The zero-order valence-corrected chi connectivity index (χ0v) is 9.77. The molecule has 3 amide bonds. The number of carbonyl (C=O) groups is 3. The van der Waals surface area contributed by atoms with Crippen molar-refractivity contribution in [2.45, 2.75) is 19.4 Å². The normalized spacial score (nSPS) is 20.4. The highest BCUT2D eigenvalue weighted by atomic mass is 16.5. The molecule has 0 aliphatic carbocycles. The molecule has 7 heteroatoms. The first-order valence-electron chi connectivity index (χ1n) is 5.51. The Morgan fingerprint density at radius 2 is 2.29 bits per heavy atom. The number of nitrogens with one attached hydrogen (secondary N) is 1. The molecule has 1 atom stereocenters. The summed E-state index contributed by atoms with van der Waals surface area (Å²) in [5.41, 5.74) is 5.22. The van der Waals surface area contributed by atoms with Gasteiger partial charge in [-0.15, -0.1) is 0 Å². The Morgan fingerprint density at radius 3 is 2.88 bits per heavy atom. The lowest BCUT2D eigenvalue weighted by atomic mass is 10.1. The van der Waals surface area contributed by atoms with Gasteiger partial charge in [0.15, 0.2) is 0 Å². The number of hydrogen-bond donors (Lipinski definition) is 2. The third-order valence-electron chi connectivity index (χ3n) is 2.45. The van der Waals surface area contributed by atoms with Gasteiger partial charge in [0, 0.05) is 6.54 Å². The van der Waals surface area contributed by atoms with Gasteiger partial charge >= 0.3 is 0 Å². The molecule has 1 rings (SSSR count). The Morgan fingerprint density at radius 1 is 1.59 bits per heavy atom. The van der Waals surface area contributed by atoms with Gasteiger partial charge in [-0.1, -0.05) is 6.92 Å². The molecule has 17 heavy (non-hydrogen) atoms. The average Bonchev–Trinajstić information content (AvgIpc) is 2.28. The Balaban J connectivity index is 2.61. The summed E-state index contributed by atoms with van der Waals surface area (Å²) < 4.78 is 5.00. The minimum atomic E-state index is -0.596. The van der Waals surface area contributed by atoms with Crippen LogP contribution in [0, 0.1) is 0 Å². The van der Waals surface area contributed by atoms with Gasteiger partial charge in [-0.05, 0) is 6.42 Å². The fourth-order valence-corrected chi connectivity index (χ4v) is 1.66. The third-order valence-corrected chi connectivity index (χ3v) is 2.45. The number of imide groups is 1. The van der Waals surface area contributed by atoms with Crippen molar-refractivity contribution in [3.63, 3.8) is 0 Å². The van der Waals surface area contributed by atoms with E-state index in [0.717, 1.165) is 0 Å². The molecular weight excluding hydrogens is 226 g/mol. The van der Waals surface area contributed by atoms with E-state index < -0.39 is 17.9 Å². The molecule has 3 N–H and O–H groups in total. The van der Waals surface area contributed by atoms with Gasteiger partial charge < -0.3 is 15.4 Å². The number of nitrogens with two attached hydrogens (primary N) is 1. The summed E-state index contributed by atoms with van der Waals surface area (Å²) in [5, 5.41) is 2.20. The second kappa shape index (κ2) is 6.31. The number of piperazine rings is 1. The quantitative estimate of drug-likeness (QED) is 0.439. The molecule has 1 unspecified atom stereocenters. The molecule has 0 spiro atoms. The van der Waals surface area contributed by atoms with Crippen molar-refractivity contribution >= 4 is 17.7 Å². The van der Waals surface area contributed by atoms with E-state index in [-0.39, 0.29) is 25.7 Å². The first-order valence-corrected chi connectivity index (χ1v) is 5.51. The van der Waals surface area contributed by atoms with Crippen LogP contribution in [-0.2, 0) is 19.1 Å². The second-order valence-electron chi connectivity index (χ2n) is 3.70. The van der Waals surface area contributed by atoms with Crippen LogP contribution in [0.5, 0.6) is 0 Å². The predicted octanol–water partition coefficient (Wildman–Crippen LogP) is -1.77. The van der Waals surface area contributed by atoms with Gasteiger partial charge in [-0.25, -0.2) is 0 Å². The van der Waals surface area contributed by atoms with Gasteiger partial charge in [0.05, 0.1) is 6.61 Å². The molecule has 1 aliphatic rings. The highest BCUT2D eigenvalue weighted by Crippen LogP contribution is 2.09. The number of rotatable bonds is 5. The van der Waals surface area contributed by atoms with Crippen molar-refractivity contribution in [1.29, 1.82) is 0 Å². The molecule has 1 saturated heterocycles. The molecule has 0 bridgehead atoms. The van der Waals surface area contributed by atoms with E-state index in [0.29, 0.717) is 13.0 Å². The van der Waals surface area contributed by atoms with E-state index in [1.807, 2.05) is 0 Å². The summed E-state index contributed by atoms with van der Waals surface area (Å²) in [4.78, 5) is 35.7. The lowest BCUT2D eigenvalue weighted by Crippen LogP contribution is -2.60. The van der Waals surface area contributed by atoms with Gasteiger partial charge in [-0.2, -0.15) is 0 Å². The van der Waals surface area contributed by atoms with Crippen LogP contribution in [0.15, 0.2) is 0 Å². The molecular formula is C10H17N3O4. The minimum Gasteiger partial charge on any atom is -0.370 e. The maximum Gasteiger partial charge on any atom is 0.249 e. The molecule has 1 heterocycles. The maximum absolute atomic E-state index is 11.8. The molecule has 0 radical (unpaired) electrons. The summed E-state index contributed by atoms with van der Waals surface area (Å²) in [7, 11) is 0. The average molecular weight is 243 g/mol. The Hall–Kier alpha value is -1.47. The molecule has 0 aromatic carbocycles. The Bertz CT molecular complexity index is 319. The summed E-state index contributed by atoms with van der Waals surface area (Å²) in [5.74, 6) is -1.27. The predicted molar refractivity (Wildman–Crippen MR) is 58.8 cm³/mol. The Labute approximate surface area is 99.3 Å².